The van der Waals surface area contributed by atoms with Gasteiger partial charge in [-0.25, -0.2) is 13.1 Å². The Labute approximate surface area is 166 Å². The van der Waals surface area contributed by atoms with Crippen molar-refractivity contribution in [3.05, 3.63) is 82.2 Å². The van der Waals surface area contributed by atoms with Gasteiger partial charge in [0.25, 0.3) is 5.91 Å². The van der Waals surface area contributed by atoms with Gasteiger partial charge in [-0.3, -0.25) is 4.79 Å². The molecule has 0 bridgehead atoms. The fourth-order valence-corrected chi connectivity index (χ4v) is 4.45. The van der Waals surface area contributed by atoms with Crippen LogP contribution in [0.5, 0.6) is 0 Å². The maximum Gasteiger partial charge on any atom is 0.291 e. The first-order chi connectivity index (χ1) is 12.9. The second-order valence-corrected chi connectivity index (χ2v) is 8.02. The van der Waals surface area contributed by atoms with Crippen LogP contribution in [0.1, 0.15) is 16.1 Å². The average Bonchev–Trinajstić information content (AvgIpc) is 3.16. The van der Waals surface area contributed by atoms with E-state index in [1.807, 2.05) is 0 Å². The van der Waals surface area contributed by atoms with Gasteiger partial charge < -0.3 is 9.73 Å². The second-order valence-electron chi connectivity index (χ2n) is 5.50. The number of nitrogens with one attached hydrogen (secondary N) is 2. The molecule has 0 aliphatic rings. The molecule has 2 N–H and O–H groups in total. The maximum atomic E-state index is 12.4. The van der Waals surface area contributed by atoms with Gasteiger partial charge >= 0.3 is 0 Å². The Balaban J connectivity index is 1.66. The number of carbonyl (C=O) groups excluding carboxylic acids is 1. The van der Waals surface area contributed by atoms with Crippen molar-refractivity contribution in [2.24, 2.45) is 0 Å². The molecule has 2 aromatic carbocycles. The van der Waals surface area contributed by atoms with Crippen LogP contribution >= 0.6 is 23.2 Å². The summed E-state index contributed by atoms with van der Waals surface area (Å²) in [4.78, 5) is 11.8. The van der Waals surface area contributed by atoms with Gasteiger partial charge in [0.1, 0.15) is 4.90 Å². The lowest BCUT2D eigenvalue weighted by molar-refractivity contribution is 0.0996. The molecule has 1 aromatic heterocycles. The van der Waals surface area contributed by atoms with E-state index in [1.165, 1.54) is 18.4 Å². The molecule has 27 heavy (non-hydrogen) atoms. The van der Waals surface area contributed by atoms with Gasteiger partial charge in [0.15, 0.2) is 5.76 Å². The normalized spacial score (nSPS) is 11.3. The van der Waals surface area contributed by atoms with Gasteiger partial charge in [0, 0.05) is 12.2 Å². The Bertz CT molecular complexity index is 1030. The number of benzene rings is 2. The predicted octanol–water partition coefficient (Wildman–Crippen LogP) is 4.32. The van der Waals surface area contributed by atoms with Crippen LogP contribution in [-0.2, 0) is 16.6 Å². The number of amides is 1. The molecule has 0 saturated heterocycles. The molecule has 0 aliphatic carbocycles. The van der Waals surface area contributed by atoms with Crippen molar-refractivity contribution in [2.45, 2.75) is 11.4 Å². The summed E-state index contributed by atoms with van der Waals surface area (Å²) >= 11 is 11.9. The predicted molar refractivity (Wildman–Crippen MR) is 104 cm³/mol. The first kappa shape index (κ1) is 19.4. The molecule has 140 valence electrons. The number of sulfonamides is 1. The third-order valence-corrected chi connectivity index (χ3v) is 5.97. The third-order valence-electron chi connectivity index (χ3n) is 3.61. The Morgan fingerprint density at radius 3 is 2.22 bits per heavy atom. The highest BCUT2D eigenvalue weighted by molar-refractivity contribution is 7.89. The number of halogens is 2. The minimum atomic E-state index is -3.87. The Morgan fingerprint density at radius 2 is 1.63 bits per heavy atom. The second kappa shape index (κ2) is 8.14. The van der Waals surface area contributed by atoms with E-state index < -0.39 is 10.0 Å². The molecule has 1 heterocycles. The summed E-state index contributed by atoms with van der Waals surface area (Å²) in [6.45, 7) is 0.0380. The fourth-order valence-electron chi connectivity index (χ4n) is 2.30. The number of anilines is 1. The molecule has 0 fully saturated rings. The lowest BCUT2D eigenvalue weighted by Gasteiger charge is -2.10. The van der Waals surface area contributed by atoms with Crippen molar-refractivity contribution in [2.75, 3.05) is 5.32 Å². The van der Waals surface area contributed by atoms with Crippen molar-refractivity contribution in [3.63, 3.8) is 0 Å². The number of carbonyl (C=O) groups is 1. The minimum absolute atomic E-state index is 0.0380. The molecule has 9 heteroatoms. The zero-order valence-electron chi connectivity index (χ0n) is 13.8. The van der Waals surface area contributed by atoms with E-state index in [0.29, 0.717) is 11.3 Å². The van der Waals surface area contributed by atoms with Crippen LogP contribution in [0, 0.1) is 0 Å². The van der Waals surface area contributed by atoms with Crippen molar-refractivity contribution >= 4 is 44.8 Å². The van der Waals surface area contributed by atoms with Gasteiger partial charge in [0.2, 0.25) is 10.0 Å². The molecule has 3 aromatic rings. The summed E-state index contributed by atoms with van der Waals surface area (Å²) in [5.74, 6) is -0.176. The van der Waals surface area contributed by atoms with E-state index in [2.05, 4.69) is 10.0 Å². The monoisotopic (exact) mass is 424 g/mol. The highest BCUT2D eigenvalue weighted by atomic mass is 35.5. The van der Waals surface area contributed by atoms with E-state index in [4.69, 9.17) is 27.6 Å². The van der Waals surface area contributed by atoms with E-state index >= 15 is 0 Å². The van der Waals surface area contributed by atoms with Gasteiger partial charge in [0.05, 0.1) is 16.3 Å². The average molecular weight is 425 g/mol. The zero-order valence-corrected chi connectivity index (χ0v) is 16.1. The molecule has 3 rings (SSSR count). The Kier molecular flexibility index (Phi) is 5.86. The maximum absolute atomic E-state index is 12.4. The van der Waals surface area contributed by atoms with E-state index in [-0.39, 0.29) is 33.2 Å². The van der Waals surface area contributed by atoms with Gasteiger partial charge in [-0.15, -0.1) is 0 Å². The van der Waals surface area contributed by atoms with Gasteiger partial charge in [-0.1, -0.05) is 41.4 Å². The van der Waals surface area contributed by atoms with Crippen molar-refractivity contribution < 1.29 is 17.6 Å². The first-order valence-electron chi connectivity index (χ1n) is 7.74. The van der Waals surface area contributed by atoms with Crippen LogP contribution in [0.15, 0.2) is 70.2 Å². The molecular weight excluding hydrogens is 411 g/mol. The molecule has 0 spiro atoms. The number of hydrogen-bond acceptors (Lipinski definition) is 4. The van der Waals surface area contributed by atoms with Gasteiger partial charge in [-0.2, -0.15) is 0 Å². The topological polar surface area (TPSA) is 88.4 Å². The summed E-state index contributed by atoms with van der Waals surface area (Å²) in [5, 5.41) is 2.77. The smallest absolute Gasteiger partial charge is 0.291 e. The highest BCUT2D eigenvalue weighted by Gasteiger charge is 2.21. The largest absolute Gasteiger partial charge is 0.459 e. The van der Waals surface area contributed by atoms with Crippen LogP contribution in [0.2, 0.25) is 10.0 Å². The van der Waals surface area contributed by atoms with Crippen molar-refractivity contribution in [1.29, 1.82) is 0 Å². The summed E-state index contributed by atoms with van der Waals surface area (Å²) in [7, 11) is -3.87. The summed E-state index contributed by atoms with van der Waals surface area (Å²) in [6.07, 6.45) is 1.41. The molecule has 0 atom stereocenters. The molecular formula is C18H14Cl2N2O4S. The van der Waals surface area contributed by atoms with E-state index in [1.54, 1.807) is 42.5 Å². The highest BCUT2D eigenvalue weighted by Crippen LogP contribution is 2.28. The lowest BCUT2D eigenvalue weighted by atomic mass is 10.2. The first-order valence-corrected chi connectivity index (χ1v) is 9.98. The van der Waals surface area contributed by atoms with Crippen LogP contribution in [-0.4, -0.2) is 14.3 Å². The third kappa shape index (κ3) is 4.70. The SMILES string of the molecule is O=C(Nc1ccc(CNS(=O)(=O)c2c(Cl)cccc2Cl)cc1)c1ccco1. The molecule has 6 nitrogen and oxygen atoms in total. The lowest BCUT2D eigenvalue weighted by Crippen LogP contribution is -2.24. The number of furan rings is 1. The minimum Gasteiger partial charge on any atom is -0.459 e. The molecule has 0 aliphatic heterocycles. The summed E-state index contributed by atoms with van der Waals surface area (Å²) in [6, 6.07) is 14.4. The van der Waals surface area contributed by atoms with E-state index in [9.17, 15) is 13.2 Å². The molecule has 0 saturated carbocycles. The fraction of sp³-hybridized carbons (Fsp3) is 0.0556. The van der Waals surface area contributed by atoms with Crippen molar-refractivity contribution in [1.82, 2.24) is 4.72 Å². The zero-order chi connectivity index (χ0) is 19.4. The summed E-state index contributed by atoms with van der Waals surface area (Å²) in [5.41, 5.74) is 1.25. The standard InChI is InChI=1S/C18H14Cl2N2O4S/c19-14-3-1-4-15(20)17(14)27(24,25)21-11-12-6-8-13(9-7-12)22-18(23)16-5-2-10-26-16/h1-10,21H,11H2,(H,22,23). The van der Waals surface area contributed by atoms with Crippen LogP contribution in [0.25, 0.3) is 0 Å². The number of hydrogen-bond donors (Lipinski definition) is 2. The Hall–Kier alpha value is -2.32. The van der Waals surface area contributed by atoms with Crippen LogP contribution in [0.3, 0.4) is 0 Å². The van der Waals surface area contributed by atoms with E-state index in [0.717, 1.165) is 0 Å². The Morgan fingerprint density at radius 1 is 0.963 bits per heavy atom. The molecule has 0 unspecified atom stereocenters. The van der Waals surface area contributed by atoms with Crippen molar-refractivity contribution in [3.8, 4) is 0 Å². The summed E-state index contributed by atoms with van der Waals surface area (Å²) < 4.78 is 32.4. The van der Waals surface area contributed by atoms with Crippen LogP contribution in [0.4, 0.5) is 5.69 Å². The quantitative estimate of drug-likeness (QED) is 0.616. The van der Waals surface area contributed by atoms with Gasteiger partial charge in [-0.05, 0) is 42.0 Å². The molecule has 0 radical (unpaired) electrons. The van der Waals surface area contributed by atoms with Crippen LogP contribution < -0.4 is 10.0 Å². The molecule has 1 amide bonds. The number of rotatable bonds is 6.